The van der Waals surface area contributed by atoms with Gasteiger partial charge in [0.05, 0.1) is 10.9 Å². The molecular formula is C15H20N4O2S. The van der Waals surface area contributed by atoms with E-state index in [-0.39, 0.29) is 11.9 Å². The molecule has 0 aliphatic carbocycles. The highest BCUT2D eigenvalue weighted by molar-refractivity contribution is 7.13. The first kappa shape index (κ1) is 15.2. The lowest BCUT2D eigenvalue weighted by molar-refractivity contribution is -0.128. The Bertz CT molecular complexity index is 625. The molecular weight excluding hydrogens is 300 g/mol. The first-order chi connectivity index (χ1) is 10.6. The lowest BCUT2D eigenvalue weighted by Crippen LogP contribution is -2.34. The summed E-state index contributed by atoms with van der Waals surface area (Å²) >= 11 is 1.59. The Kier molecular flexibility index (Phi) is 4.54. The molecule has 6 nitrogen and oxygen atoms in total. The summed E-state index contributed by atoms with van der Waals surface area (Å²) in [6.07, 6.45) is 0.968. The van der Waals surface area contributed by atoms with E-state index in [4.69, 9.17) is 4.42 Å². The second-order valence-electron chi connectivity index (χ2n) is 5.49. The van der Waals surface area contributed by atoms with Crippen molar-refractivity contribution in [1.29, 1.82) is 0 Å². The van der Waals surface area contributed by atoms with Crippen LogP contribution in [0.2, 0.25) is 0 Å². The summed E-state index contributed by atoms with van der Waals surface area (Å²) in [6.45, 7) is 7.05. The monoisotopic (exact) mass is 320 g/mol. The standard InChI is InChI=1S/C15H20N4O2S/c1-11(18-6-4-7-19(9-8-18)12(2)20)14-16-17-15(21-14)13-5-3-10-22-13/h3,5,10-11H,4,6-9H2,1-2H3. The molecule has 1 aliphatic heterocycles. The van der Waals surface area contributed by atoms with Crippen LogP contribution in [-0.4, -0.2) is 52.1 Å². The summed E-state index contributed by atoms with van der Waals surface area (Å²) in [7, 11) is 0. The Morgan fingerprint density at radius 3 is 2.91 bits per heavy atom. The largest absolute Gasteiger partial charge is 0.418 e. The zero-order chi connectivity index (χ0) is 15.5. The van der Waals surface area contributed by atoms with Crippen LogP contribution in [-0.2, 0) is 4.79 Å². The van der Waals surface area contributed by atoms with Crippen LogP contribution >= 0.6 is 11.3 Å². The Morgan fingerprint density at radius 1 is 1.32 bits per heavy atom. The molecule has 0 saturated carbocycles. The maximum atomic E-state index is 11.5. The zero-order valence-corrected chi connectivity index (χ0v) is 13.7. The van der Waals surface area contributed by atoms with E-state index < -0.39 is 0 Å². The van der Waals surface area contributed by atoms with Crippen molar-refractivity contribution in [3.05, 3.63) is 23.4 Å². The van der Waals surface area contributed by atoms with Gasteiger partial charge in [0, 0.05) is 33.1 Å². The molecule has 0 spiro atoms. The van der Waals surface area contributed by atoms with Gasteiger partial charge < -0.3 is 9.32 Å². The number of carbonyl (C=O) groups is 1. The molecule has 1 aliphatic rings. The van der Waals surface area contributed by atoms with Gasteiger partial charge in [-0.05, 0) is 24.8 Å². The molecule has 1 amide bonds. The van der Waals surface area contributed by atoms with Crippen molar-refractivity contribution in [1.82, 2.24) is 20.0 Å². The van der Waals surface area contributed by atoms with Gasteiger partial charge in [-0.3, -0.25) is 9.69 Å². The van der Waals surface area contributed by atoms with Crippen LogP contribution in [0.1, 0.15) is 32.2 Å². The lowest BCUT2D eigenvalue weighted by atomic mass is 10.2. The van der Waals surface area contributed by atoms with Crippen LogP contribution in [0.5, 0.6) is 0 Å². The third-order valence-corrected chi connectivity index (χ3v) is 4.91. The fourth-order valence-electron chi connectivity index (χ4n) is 2.70. The highest BCUT2D eigenvalue weighted by atomic mass is 32.1. The summed E-state index contributed by atoms with van der Waals surface area (Å²) in [5.74, 6) is 1.36. The Labute approximate surface area is 133 Å². The van der Waals surface area contributed by atoms with E-state index in [1.807, 2.05) is 22.4 Å². The number of hydrogen-bond donors (Lipinski definition) is 0. The fraction of sp³-hybridized carbons (Fsp3) is 0.533. The second-order valence-corrected chi connectivity index (χ2v) is 6.44. The molecule has 0 radical (unpaired) electrons. The summed E-state index contributed by atoms with van der Waals surface area (Å²) in [5, 5.41) is 10.3. The van der Waals surface area contributed by atoms with E-state index in [0.29, 0.717) is 11.8 Å². The van der Waals surface area contributed by atoms with Gasteiger partial charge >= 0.3 is 0 Å². The van der Waals surface area contributed by atoms with E-state index in [1.165, 1.54) is 0 Å². The number of aromatic nitrogens is 2. The van der Waals surface area contributed by atoms with Crippen LogP contribution in [0.4, 0.5) is 0 Å². The Hall–Kier alpha value is -1.73. The van der Waals surface area contributed by atoms with Gasteiger partial charge in [-0.2, -0.15) is 0 Å². The molecule has 0 N–H and O–H groups in total. The minimum absolute atomic E-state index is 0.0631. The predicted molar refractivity (Wildman–Crippen MR) is 84.5 cm³/mol. The number of rotatable bonds is 3. The number of amides is 1. The molecule has 0 aromatic carbocycles. The molecule has 1 saturated heterocycles. The van der Waals surface area contributed by atoms with Gasteiger partial charge in [0.15, 0.2) is 0 Å². The first-order valence-electron chi connectivity index (χ1n) is 7.52. The minimum atomic E-state index is 0.0631. The van der Waals surface area contributed by atoms with Crippen molar-refractivity contribution in [2.24, 2.45) is 0 Å². The molecule has 2 aromatic rings. The van der Waals surface area contributed by atoms with Gasteiger partial charge in [-0.25, -0.2) is 0 Å². The first-order valence-corrected chi connectivity index (χ1v) is 8.40. The molecule has 7 heteroatoms. The van der Waals surface area contributed by atoms with Crippen LogP contribution in [0, 0.1) is 0 Å². The molecule has 1 unspecified atom stereocenters. The van der Waals surface area contributed by atoms with Crippen LogP contribution in [0.25, 0.3) is 10.8 Å². The highest BCUT2D eigenvalue weighted by Crippen LogP contribution is 2.27. The molecule has 2 aromatic heterocycles. The Balaban J connectivity index is 1.68. The predicted octanol–water partition coefficient (Wildman–Crippen LogP) is 2.41. The molecule has 22 heavy (non-hydrogen) atoms. The van der Waals surface area contributed by atoms with Gasteiger partial charge in [0.25, 0.3) is 5.89 Å². The van der Waals surface area contributed by atoms with Gasteiger partial charge in [0.1, 0.15) is 0 Å². The summed E-state index contributed by atoms with van der Waals surface area (Å²) in [6, 6.07) is 4.01. The topological polar surface area (TPSA) is 62.5 Å². The minimum Gasteiger partial charge on any atom is -0.418 e. The van der Waals surface area contributed by atoms with E-state index in [9.17, 15) is 4.79 Å². The van der Waals surface area contributed by atoms with Crippen LogP contribution < -0.4 is 0 Å². The third kappa shape index (κ3) is 3.20. The molecule has 1 fully saturated rings. The van der Waals surface area contributed by atoms with Crippen LogP contribution in [0.3, 0.4) is 0 Å². The smallest absolute Gasteiger partial charge is 0.257 e. The van der Waals surface area contributed by atoms with Crippen molar-refractivity contribution < 1.29 is 9.21 Å². The van der Waals surface area contributed by atoms with Crippen molar-refractivity contribution in [2.75, 3.05) is 26.2 Å². The number of hydrogen-bond acceptors (Lipinski definition) is 6. The van der Waals surface area contributed by atoms with Crippen molar-refractivity contribution in [3.63, 3.8) is 0 Å². The quantitative estimate of drug-likeness (QED) is 0.869. The van der Waals surface area contributed by atoms with Crippen molar-refractivity contribution in [2.45, 2.75) is 26.3 Å². The van der Waals surface area contributed by atoms with Gasteiger partial charge in [-0.1, -0.05) is 6.07 Å². The summed E-state index contributed by atoms with van der Waals surface area (Å²) in [4.78, 5) is 16.7. The van der Waals surface area contributed by atoms with Crippen LogP contribution in [0.15, 0.2) is 21.9 Å². The van der Waals surface area contributed by atoms with Crippen molar-refractivity contribution >= 4 is 17.2 Å². The normalized spacial score (nSPS) is 18.2. The molecule has 1 atom stereocenters. The van der Waals surface area contributed by atoms with Gasteiger partial charge in [0.2, 0.25) is 11.8 Å². The average molecular weight is 320 g/mol. The average Bonchev–Trinajstić information content (AvgIpc) is 3.12. The highest BCUT2D eigenvalue weighted by Gasteiger charge is 2.25. The summed E-state index contributed by atoms with van der Waals surface area (Å²) < 4.78 is 5.82. The zero-order valence-electron chi connectivity index (χ0n) is 12.9. The number of thiophene rings is 1. The maximum absolute atomic E-state index is 11.5. The Morgan fingerprint density at radius 2 is 2.18 bits per heavy atom. The fourth-order valence-corrected chi connectivity index (χ4v) is 3.34. The van der Waals surface area contributed by atoms with E-state index >= 15 is 0 Å². The van der Waals surface area contributed by atoms with Gasteiger partial charge in [-0.15, -0.1) is 21.5 Å². The second kappa shape index (κ2) is 6.58. The third-order valence-electron chi connectivity index (χ3n) is 4.05. The lowest BCUT2D eigenvalue weighted by Gasteiger charge is -2.25. The number of nitrogens with zero attached hydrogens (tertiary/aromatic N) is 4. The van der Waals surface area contributed by atoms with E-state index in [2.05, 4.69) is 22.0 Å². The SMILES string of the molecule is CC(=O)N1CCCN(C(C)c2nnc(-c3cccs3)o2)CC1. The molecule has 118 valence electrons. The molecule has 3 heterocycles. The molecule has 3 rings (SSSR count). The maximum Gasteiger partial charge on any atom is 0.257 e. The van der Waals surface area contributed by atoms with E-state index in [0.717, 1.165) is 37.5 Å². The van der Waals surface area contributed by atoms with Crippen molar-refractivity contribution in [3.8, 4) is 10.8 Å². The van der Waals surface area contributed by atoms with E-state index in [1.54, 1.807) is 18.3 Å². The molecule has 0 bridgehead atoms. The summed E-state index contributed by atoms with van der Waals surface area (Å²) in [5.41, 5.74) is 0. The number of carbonyl (C=O) groups excluding carboxylic acids is 1.